The van der Waals surface area contributed by atoms with Gasteiger partial charge in [0.2, 0.25) is 0 Å². The Morgan fingerprint density at radius 1 is 1.03 bits per heavy atom. The summed E-state index contributed by atoms with van der Waals surface area (Å²) in [6.07, 6.45) is 0.476. The number of carbonyl (C=O) groups is 2. The molecule has 0 spiro atoms. The average Bonchev–Trinajstić information content (AvgIpc) is 3.30. The fourth-order valence-corrected chi connectivity index (χ4v) is 5.44. The molecule has 36 heavy (non-hydrogen) atoms. The van der Waals surface area contributed by atoms with Crippen molar-refractivity contribution in [1.29, 1.82) is 0 Å². The summed E-state index contributed by atoms with van der Waals surface area (Å²) in [4.78, 5) is 30.4. The van der Waals surface area contributed by atoms with E-state index in [9.17, 15) is 14.7 Å². The highest BCUT2D eigenvalue weighted by Gasteiger charge is 2.20. The third kappa shape index (κ3) is 5.65. The molecule has 3 aromatic carbocycles. The highest BCUT2D eigenvalue weighted by atomic mass is 32.1. The van der Waals surface area contributed by atoms with Crippen LogP contribution in [0.5, 0.6) is 5.75 Å². The zero-order valence-corrected chi connectivity index (χ0v) is 21.9. The van der Waals surface area contributed by atoms with Gasteiger partial charge in [-0.2, -0.15) is 0 Å². The highest BCUT2D eigenvalue weighted by molar-refractivity contribution is 7.15. The van der Waals surface area contributed by atoms with Crippen molar-refractivity contribution in [2.75, 3.05) is 0 Å². The predicted molar refractivity (Wildman–Crippen MR) is 145 cm³/mol. The van der Waals surface area contributed by atoms with E-state index in [1.165, 1.54) is 10.8 Å². The second-order valence-corrected chi connectivity index (χ2v) is 10.4. The highest BCUT2D eigenvalue weighted by Crippen LogP contribution is 2.34. The van der Waals surface area contributed by atoms with Gasteiger partial charge in [-0.1, -0.05) is 57.2 Å². The van der Waals surface area contributed by atoms with Gasteiger partial charge in [0, 0.05) is 22.4 Å². The molecule has 0 aliphatic heterocycles. The first-order valence-corrected chi connectivity index (χ1v) is 13.1. The van der Waals surface area contributed by atoms with Gasteiger partial charge in [0.05, 0.1) is 5.69 Å². The number of nitrogens with zero attached hydrogens (tertiary/aromatic N) is 1. The molecule has 6 heteroatoms. The van der Waals surface area contributed by atoms with Gasteiger partial charge in [0.15, 0.2) is 11.9 Å². The van der Waals surface area contributed by atoms with Crippen LogP contribution in [0.15, 0.2) is 60.7 Å². The van der Waals surface area contributed by atoms with Crippen LogP contribution in [0.3, 0.4) is 0 Å². The normalized spacial score (nSPS) is 12.1. The van der Waals surface area contributed by atoms with Crippen molar-refractivity contribution in [3.63, 3.8) is 0 Å². The van der Waals surface area contributed by atoms with Crippen molar-refractivity contribution < 1.29 is 19.4 Å². The maximum Gasteiger partial charge on any atom is 0.344 e. The molecule has 0 fully saturated rings. The summed E-state index contributed by atoms with van der Waals surface area (Å²) in [5.74, 6) is -0.193. The number of hydrogen-bond acceptors (Lipinski definition) is 5. The summed E-state index contributed by atoms with van der Waals surface area (Å²) >= 11 is 1.67. The van der Waals surface area contributed by atoms with Crippen LogP contribution < -0.4 is 4.74 Å². The van der Waals surface area contributed by atoms with Gasteiger partial charge in [-0.15, -0.1) is 11.3 Å². The summed E-state index contributed by atoms with van der Waals surface area (Å²) < 4.78 is 5.62. The van der Waals surface area contributed by atoms with Crippen LogP contribution in [-0.2, 0) is 11.2 Å². The van der Waals surface area contributed by atoms with Crippen LogP contribution in [0.2, 0.25) is 0 Å². The quantitative estimate of drug-likeness (QED) is 0.228. The third-order valence-electron chi connectivity index (χ3n) is 6.26. The summed E-state index contributed by atoms with van der Waals surface area (Å²) in [6.45, 7) is 7.86. The molecule has 0 aliphatic rings. The lowest BCUT2D eigenvalue weighted by molar-refractivity contribution is -0.145. The predicted octanol–water partition coefficient (Wildman–Crippen LogP) is 7.45. The molecule has 0 saturated heterocycles. The van der Waals surface area contributed by atoms with E-state index in [0.29, 0.717) is 30.6 Å². The first-order chi connectivity index (χ1) is 17.3. The van der Waals surface area contributed by atoms with Gasteiger partial charge >= 0.3 is 5.97 Å². The van der Waals surface area contributed by atoms with Crippen molar-refractivity contribution in [1.82, 2.24) is 4.98 Å². The molecular formula is C30H31NO4S. The lowest BCUT2D eigenvalue weighted by Crippen LogP contribution is -2.26. The number of aromatic nitrogens is 1. The third-order valence-corrected chi connectivity index (χ3v) is 7.44. The standard InChI is InChI=1S/C30H31NO4S/c1-5-25(30(33)34)35-26-14-12-22(16-19(26)4)24(32)13-15-27-28(18(2)3)31-29(36-27)23-11-10-20-8-6-7-9-21(20)17-23/h6-12,14,16-18,25H,5,13,15H2,1-4H3,(H,33,34). The lowest BCUT2D eigenvalue weighted by atomic mass is 10.0. The molecule has 5 nitrogen and oxygen atoms in total. The largest absolute Gasteiger partial charge is 0.479 e. The van der Waals surface area contributed by atoms with E-state index in [-0.39, 0.29) is 11.7 Å². The molecule has 1 heterocycles. The first kappa shape index (κ1) is 25.6. The number of carbonyl (C=O) groups excluding carboxylic acids is 1. The molecule has 4 aromatic rings. The van der Waals surface area contributed by atoms with Gasteiger partial charge in [-0.05, 0) is 66.3 Å². The summed E-state index contributed by atoms with van der Waals surface area (Å²) in [7, 11) is 0. The summed E-state index contributed by atoms with van der Waals surface area (Å²) in [6, 6.07) is 19.9. The van der Waals surface area contributed by atoms with Crippen LogP contribution >= 0.6 is 11.3 Å². The number of fused-ring (bicyclic) bond motifs is 1. The molecule has 0 aliphatic carbocycles. The number of Topliss-reactive ketones (excluding diaryl/α,β-unsaturated/α-hetero) is 1. The summed E-state index contributed by atoms with van der Waals surface area (Å²) in [5, 5.41) is 12.6. The minimum absolute atomic E-state index is 0.0466. The smallest absolute Gasteiger partial charge is 0.344 e. The van der Waals surface area contributed by atoms with Crippen LogP contribution in [0, 0.1) is 6.92 Å². The number of ether oxygens (including phenoxy) is 1. The minimum Gasteiger partial charge on any atom is -0.479 e. The second-order valence-electron chi connectivity index (χ2n) is 9.30. The number of ketones is 1. The number of aryl methyl sites for hydroxylation is 2. The van der Waals surface area contributed by atoms with Crippen molar-refractivity contribution in [3.8, 4) is 16.3 Å². The maximum atomic E-state index is 13.0. The number of carboxylic acids is 1. The van der Waals surface area contributed by atoms with E-state index in [2.05, 4.69) is 44.2 Å². The molecule has 186 valence electrons. The molecule has 1 unspecified atom stereocenters. The molecule has 1 aromatic heterocycles. The molecule has 4 rings (SSSR count). The van der Waals surface area contributed by atoms with Crippen molar-refractivity contribution in [3.05, 3.63) is 82.4 Å². The molecule has 1 atom stereocenters. The van der Waals surface area contributed by atoms with Crippen molar-refractivity contribution in [2.45, 2.75) is 59.0 Å². The fraction of sp³-hybridized carbons (Fsp3) is 0.300. The van der Waals surface area contributed by atoms with Crippen LogP contribution in [0.4, 0.5) is 0 Å². The second kappa shape index (κ2) is 11.0. The van der Waals surface area contributed by atoms with Crippen LogP contribution in [0.1, 0.15) is 66.0 Å². The Balaban J connectivity index is 1.50. The minimum atomic E-state index is -0.995. The molecule has 0 amide bonds. The molecule has 0 bridgehead atoms. The maximum absolute atomic E-state index is 13.0. The van der Waals surface area contributed by atoms with Gasteiger partial charge in [-0.25, -0.2) is 9.78 Å². The Bertz CT molecular complexity index is 1410. The Labute approximate surface area is 215 Å². The Morgan fingerprint density at radius 2 is 1.78 bits per heavy atom. The Morgan fingerprint density at radius 3 is 2.44 bits per heavy atom. The number of benzene rings is 3. The monoisotopic (exact) mass is 501 g/mol. The van der Waals surface area contributed by atoms with Gasteiger partial charge in [0.1, 0.15) is 10.8 Å². The van der Waals surface area contributed by atoms with Crippen molar-refractivity contribution in [2.24, 2.45) is 0 Å². The molecule has 1 N–H and O–H groups in total. The van der Waals surface area contributed by atoms with Crippen LogP contribution in [0.25, 0.3) is 21.3 Å². The molecule has 0 saturated carbocycles. The van der Waals surface area contributed by atoms with E-state index in [0.717, 1.165) is 26.7 Å². The van der Waals surface area contributed by atoms with Gasteiger partial charge in [-0.3, -0.25) is 4.79 Å². The van der Waals surface area contributed by atoms with Crippen molar-refractivity contribution >= 4 is 33.9 Å². The van der Waals surface area contributed by atoms with E-state index < -0.39 is 12.1 Å². The molecule has 0 radical (unpaired) electrons. The van der Waals surface area contributed by atoms with E-state index in [1.807, 2.05) is 19.1 Å². The number of carboxylic acid groups (broad SMARTS) is 1. The average molecular weight is 502 g/mol. The Kier molecular flexibility index (Phi) is 7.85. The van der Waals surface area contributed by atoms with Gasteiger partial charge in [0.25, 0.3) is 0 Å². The zero-order chi connectivity index (χ0) is 25.8. The van der Waals surface area contributed by atoms with E-state index in [1.54, 1.807) is 36.5 Å². The number of hydrogen-bond donors (Lipinski definition) is 1. The first-order valence-electron chi connectivity index (χ1n) is 12.3. The fourth-order valence-electron chi connectivity index (χ4n) is 4.23. The number of rotatable bonds is 10. The number of aliphatic carboxylic acids is 1. The van der Waals surface area contributed by atoms with Gasteiger partial charge < -0.3 is 9.84 Å². The molecular weight excluding hydrogens is 470 g/mol. The number of thiazole rings is 1. The SMILES string of the molecule is CCC(Oc1ccc(C(=O)CCc2sc(-c3ccc4ccccc4c3)nc2C(C)C)cc1C)C(=O)O. The van der Waals surface area contributed by atoms with Crippen LogP contribution in [-0.4, -0.2) is 27.9 Å². The lowest BCUT2D eigenvalue weighted by Gasteiger charge is -2.15. The van der Waals surface area contributed by atoms with E-state index >= 15 is 0 Å². The topological polar surface area (TPSA) is 76.5 Å². The zero-order valence-electron chi connectivity index (χ0n) is 21.1. The van der Waals surface area contributed by atoms with E-state index in [4.69, 9.17) is 9.72 Å². The summed E-state index contributed by atoms with van der Waals surface area (Å²) in [5.41, 5.74) is 3.50. The Hall–Kier alpha value is -3.51.